The van der Waals surface area contributed by atoms with E-state index in [2.05, 4.69) is 33.5 Å². The first-order valence-electron chi connectivity index (χ1n) is 8.80. The van der Waals surface area contributed by atoms with Crippen molar-refractivity contribution in [2.24, 2.45) is 0 Å². The zero-order valence-electron chi connectivity index (χ0n) is 14.5. The number of aryl methyl sites for hydroxylation is 1. The van der Waals surface area contributed by atoms with E-state index in [-0.39, 0.29) is 0 Å². The van der Waals surface area contributed by atoms with Crippen molar-refractivity contribution in [3.8, 4) is 0 Å². The highest BCUT2D eigenvalue weighted by Crippen LogP contribution is 2.32. The second kappa shape index (κ2) is 7.07. The van der Waals surface area contributed by atoms with Gasteiger partial charge >= 0.3 is 0 Å². The number of nitrogens with zero attached hydrogens (tertiary/aromatic N) is 5. The van der Waals surface area contributed by atoms with Crippen LogP contribution >= 0.6 is 22.7 Å². The molecule has 2 aliphatic heterocycles. The Morgan fingerprint density at radius 2 is 1.96 bits per heavy atom. The lowest BCUT2D eigenvalue weighted by molar-refractivity contribution is 0.248. The molecule has 5 nitrogen and oxygen atoms in total. The summed E-state index contributed by atoms with van der Waals surface area (Å²) in [4.78, 5) is 19.7. The Balaban J connectivity index is 1.42. The van der Waals surface area contributed by atoms with Crippen molar-refractivity contribution in [1.82, 2.24) is 19.8 Å². The van der Waals surface area contributed by atoms with Crippen LogP contribution in [0.2, 0.25) is 0 Å². The van der Waals surface area contributed by atoms with Gasteiger partial charge in [-0.3, -0.25) is 4.90 Å². The Labute approximate surface area is 151 Å². The van der Waals surface area contributed by atoms with Crippen molar-refractivity contribution >= 4 is 27.8 Å². The molecule has 2 aromatic heterocycles. The van der Waals surface area contributed by atoms with Gasteiger partial charge in [-0.1, -0.05) is 6.92 Å². The summed E-state index contributed by atoms with van der Waals surface area (Å²) in [6.45, 7) is 13.3. The number of rotatable bonds is 4. The van der Waals surface area contributed by atoms with Crippen LogP contribution in [0.25, 0.3) is 0 Å². The third-order valence-electron chi connectivity index (χ3n) is 5.10. The molecule has 4 heterocycles. The molecule has 0 amide bonds. The third-order valence-corrected chi connectivity index (χ3v) is 7.16. The van der Waals surface area contributed by atoms with Crippen molar-refractivity contribution in [1.29, 1.82) is 0 Å². The Morgan fingerprint density at radius 3 is 2.67 bits per heavy atom. The van der Waals surface area contributed by atoms with Crippen LogP contribution in [0.4, 0.5) is 5.13 Å². The van der Waals surface area contributed by atoms with Crippen LogP contribution in [0.5, 0.6) is 0 Å². The highest BCUT2D eigenvalue weighted by atomic mass is 32.1. The first-order chi connectivity index (χ1) is 11.7. The Morgan fingerprint density at radius 1 is 1.12 bits per heavy atom. The van der Waals surface area contributed by atoms with E-state index >= 15 is 0 Å². The number of aromatic nitrogens is 2. The number of piperazine rings is 1. The maximum atomic E-state index is 4.96. The molecule has 0 radical (unpaired) electrons. The number of thiazole rings is 2. The van der Waals surface area contributed by atoms with E-state index in [1.54, 1.807) is 11.3 Å². The fourth-order valence-electron chi connectivity index (χ4n) is 3.44. The average Bonchev–Trinajstić information content (AvgIpc) is 3.21. The molecule has 0 saturated carbocycles. The Bertz CT molecular complexity index is 687. The van der Waals surface area contributed by atoms with E-state index in [0.29, 0.717) is 0 Å². The fourth-order valence-corrected chi connectivity index (χ4v) is 5.46. The summed E-state index contributed by atoms with van der Waals surface area (Å²) in [5.41, 5.74) is 4.48. The quantitative estimate of drug-likeness (QED) is 0.834. The summed E-state index contributed by atoms with van der Waals surface area (Å²) in [5, 5.41) is 1.24. The van der Waals surface area contributed by atoms with E-state index < -0.39 is 0 Å². The van der Waals surface area contributed by atoms with Crippen LogP contribution in [0, 0.1) is 6.92 Å². The lowest BCUT2D eigenvalue weighted by atomic mass is 10.2. The van der Waals surface area contributed by atoms with Crippen LogP contribution < -0.4 is 4.90 Å². The molecule has 1 saturated heterocycles. The second-order valence-corrected chi connectivity index (χ2v) is 8.61. The molecule has 1 fully saturated rings. The predicted octanol–water partition coefficient (Wildman–Crippen LogP) is 2.61. The Kier molecular flexibility index (Phi) is 4.85. The maximum absolute atomic E-state index is 4.96. The summed E-state index contributed by atoms with van der Waals surface area (Å²) in [6.07, 6.45) is 1.08. The molecule has 24 heavy (non-hydrogen) atoms. The summed E-state index contributed by atoms with van der Waals surface area (Å²) in [5.74, 6) is 0. The molecule has 0 spiro atoms. The largest absolute Gasteiger partial charge is 0.346 e. The summed E-state index contributed by atoms with van der Waals surface area (Å²) in [7, 11) is 0. The van der Waals surface area contributed by atoms with Crippen LogP contribution in [0.1, 0.15) is 28.1 Å². The molecule has 0 bridgehead atoms. The highest BCUT2D eigenvalue weighted by molar-refractivity contribution is 7.15. The molecule has 0 atom stereocenters. The van der Waals surface area contributed by atoms with Crippen LogP contribution in [-0.4, -0.2) is 59.0 Å². The zero-order chi connectivity index (χ0) is 16.5. The van der Waals surface area contributed by atoms with E-state index in [4.69, 9.17) is 4.98 Å². The predicted molar refractivity (Wildman–Crippen MR) is 101 cm³/mol. The topological polar surface area (TPSA) is 35.5 Å². The normalized spacial score (nSPS) is 19.7. The molecule has 2 aromatic rings. The first kappa shape index (κ1) is 16.4. The maximum Gasteiger partial charge on any atom is 0.185 e. The van der Waals surface area contributed by atoms with E-state index in [1.165, 1.54) is 26.3 Å². The van der Waals surface area contributed by atoms with Gasteiger partial charge in [-0.15, -0.1) is 22.7 Å². The SMILES string of the molecule is CCN1CCN(c2nc3c(s2)CN(Cc2scnc2C)CC3)CC1. The number of hydrogen-bond donors (Lipinski definition) is 0. The van der Waals surface area contributed by atoms with Crippen molar-refractivity contribution in [3.05, 3.63) is 26.7 Å². The minimum absolute atomic E-state index is 1.03. The molecule has 0 unspecified atom stereocenters. The van der Waals surface area contributed by atoms with Crippen molar-refractivity contribution in [2.45, 2.75) is 33.4 Å². The first-order valence-corrected chi connectivity index (χ1v) is 10.5. The molecule has 0 aliphatic carbocycles. The van der Waals surface area contributed by atoms with Gasteiger partial charge in [0.1, 0.15) is 0 Å². The molecule has 2 aliphatic rings. The molecule has 0 N–H and O–H groups in total. The van der Waals surface area contributed by atoms with Gasteiger partial charge in [-0.25, -0.2) is 9.97 Å². The van der Waals surface area contributed by atoms with Crippen molar-refractivity contribution in [2.75, 3.05) is 44.2 Å². The van der Waals surface area contributed by atoms with Gasteiger partial charge in [0.15, 0.2) is 5.13 Å². The molecular formula is C17H25N5S2. The van der Waals surface area contributed by atoms with Crippen LogP contribution in [0.3, 0.4) is 0 Å². The van der Waals surface area contributed by atoms with Crippen molar-refractivity contribution in [3.63, 3.8) is 0 Å². The number of hydrogen-bond acceptors (Lipinski definition) is 7. The average molecular weight is 364 g/mol. The highest BCUT2D eigenvalue weighted by Gasteiger charge is 2.25. The molecule has 4 rings (SSSR count). The monoisotopic (exact) mass is 363 g/mol. The molecular weight excluding hydrogens is 338 g/mol. The van der Waals surface area contributed by atoms with Gasteiger partial charge in [0, 0.05) is 62.0 Å². The lowest BCUT2D eigenvalue weighted by Crippen LogP contribution is -2.46. The van der Waals surface area contributed by atoms with E-state index in [0.717, 1.165) is 58.8 Å². The van der Waals surface area contributed by atoms with Gasteiger partial charge in [0.2, 0.25) is 0 Å². The molecule has 0 aromatic carbocycles. The second-order valence-electron chi connectivity index (χ2n) is 6.61. The third kappa shape index (κ3) is 3.35. The van der Waals surface area contributed by atoms with E-state index in [1.807, 2.05) is 16.8 Å². The smallest absolute Gasteiger partial charge is 0.185 e. The summed E-state index contributed by atoms with van der Waals surface area (Å²) in [6, 6.07) is 0. The van der Waals surface area contributed by atoms with Gasteiger partial charge in [-0.2, -0.15) is 0 Å². The van der Waals surface area contributed by atoms with Gasteiger partial charge < -0.3 is 9.80 Å². The fraction of sp³-hybridized carbons (Fsp3) is 0.647. The summed E-state index contributed by atoms with van der Waals surface area (Å²) >= 11 is 3.69. The molecule has 130 valence electrons. The lowest BCUT2D eigenvalue weighted by Gasteiger charge is -2.33. The zero-order valence-corrected chi connectivity index (χ0v) is 16.1. The van der Waals surface area contributed by atoms with Gasteiger partial charge in [0.05, 0.1) is 16.9 Å². The van der Waals surface area contributed by atoms with Crippen LogP contribution in [0.15, 0.2) is 5.51 Å². The van der Waals surface area contributed by atoms with Crippen LogP contribution in [-0.2, 0) is 19.5 Å². The minimum atomic E-state index is 1.03. The number of fused-ring (bicyclic) bond motifs is 1. The molecule has 7 heteroatoms. The number of anilines is 1. The Hall–Kier alpha value is -1.02. The summed E-state index contributed by atoms with van der Waals surface area (Å²) < 4.78 is 0. The van der Waals surface area contributed by atoms with Gasteiger partial charge in [0.25, 0.3) is 0 Å². The van der Waals surface area contributed by atoms with E-state index in [9.17, 15) is 0 Å². The van der Waals surface area contributed by atoms with Gasteiger partial charge in [-0.05, 0) is 13.5 Å². The van der Waals surface area contributed by atoms with Crippen molar-refractivity contribution < 1.29 is 0 Å². The standard InChI is InChI=1S/C17H25N5S2/c1-3-20-6-8-22(9-7-20)17-19-14-4-5-21(11-16(14)24-17)10-15-13(2)18-12-23-15/h12H,3-11H2,1-2H3. The number of likely N-dealkylation sites (N-methyl/N-ethyl adjacent to an activating group) is 1. The minimum Gasteiger partial charge on any atom is -0.346 e.